The highest BCUT2D eigenvalue weighted by atomic mass is 127. The second-order valence-corrected chi connectivity index (χ2v) is 10.5. The maximum Gasteiger partial charge on any atom is 0.260 e. The van der Waals surface area contributed by atoms with Gasteiger partial charge < -0.3 is 29.6 Å². The zero-order chi connectivity index (χ0) is 25.1. The Morgan fingerprint density at radius 1 is 1.11 bits per heavy atom. The van der Waals surface area contributed by atoms with E-state index in [9.17, 15) is 4.79 Å². The number of rotatable bonds is 8. The fraction of sp³-hybridized carbons (Fsp3) is 0.222. The van der Waals surface area contributed by atoms with E-state index in [0.29, 0.717) is 23.0 Å². The zero-order valence-electron chi connectivity index (χ0n) is 19.8. The molecule has 9 heteroatoms. The van der Waals surface area contributed by atoms with E-state index in [2.05, 4.69) is 52.3 Å². The molecular weight excluding hydrogens is 591 g/mol. The zero-order valence-corrected chi connectivity index (χ0v) is 22.8. The fourth-order valence-corrected chi connectivity index (χ4v) is 5.62. The van der Waals surface area contributed by atoms with Crippen molar-refractivity contribution in [3.63, 3.8) is 0 Å². The van der Waals surface area contributed by atoms with Crippen LogP contribution in [0.25, 0.3) is 6.08 Å². The van der Waals surface area contributed by atoms with Crippen LogP contribution in [0.3, 0.4) is 0 Å². The summed E-state index contributed by atoms with van der Waals surface area (Å²) in [5, 5.41) is 6.34. The molecule has 0 bridgehead atoms. The number of ether oxygens (including phenoxy) is 4. The molecule has 0 aromatic heterocycles. The highest BCUT2D eigenvalue weighted by Crippen LogP contribution is 2.38. The van der Waals surface area contributed by atoms with E-state index < -0.39 is 0 Å². The molecule has 0 unspecified atom stereocenters. The number of carbonyl (C=O) groups excluding carboxylic acids is 1. The molecule has 2 aliphatic heterocycles. The second-order valence-electron chi connectivity index (χ2n) is 8.19. The molecule has 1 fully saturated rings. The highest BCUT2D eigenvalue weighted by molar-refractivity contribution is 14.1. The normalized spacial score (nSPS) is 17.2. The number of aryl methyl sites for hydroxylation is 1. The van der Waals surface area contributed by atoms with Gasteiger partial charge in [0.25, 0.3) is 5.91 Å². The molecular formula is C27H25IN2O5S. The lowest BCUT2D eigenvalue weighted by Crippen LogP contribution is -2.30. The number of benzene rings is 3. The second kappa shape index (κ2) is 10.9. The average Bonchev–Trinajstić information content (AvgIpc) is 3.49. The van der Waals surface area contributed by atoms with Crippen molar-refractivity contribution in [3.05, 3.63) is 79.8 Å². The first kappa shape index (κ1) is 24.6. The molecule has 5 rings (SSSR count). The Hall–Kier alpha value is -3.05. The highest BCUT2D eigenvalue weighted by Gasteiger charge is 2.27. The van der Waals surface area contributed by atoms with Gasteiger partial charge in [-0.05, 0) is 88.2 Å². The SMILES string of the molecule is CCc1ccc(N[C@H]2NC(=O)/C(=C/c3cc(I)c(OCc4ccc5c(c4)OCO5)c(OC)c3)S2)cc1. The number of amides is 1. The predicted octanol–water partition coefficient (Wildman–Crippen LogP) is 5.77. The molecule has 0 saturated carbocycles. The van der Waals surface area contributed by atoms with Gasteiger partial charge in [-0.1, -0.05) is 36.9 Å². The first-order chi connectivity index (χ1) is 17.5. The lowest BCUT2D eigenvalue weighted by atomic mass is 10.1. The summed E-state index contributed by atoms with van der Waals surface area (Å²) in [4.78, 5) is 13.2. The van der Waals surface area contributed by atoms with Crippen molar-refractivity contribution in [3.8, 4) is 23.0 Å². The molecule has 1 atom stereocenters. The van der Waals surface area contributed by atoms with E-state index in [1.165, 1.54) is 17.3 Å². The molecule has 2 aliphatic rings. The van der Waals surface area contributed by atoms with Crippen LogP contribution in [0, 0.1) is 3.57 Å². The molecule has 0 spiro atoms. The van der Waals surface area contributed by atoms with E-state index in [0.717, 1.165) is 38.3 Å². The summed E-state index contributed by atoms with van der Waals surface area (Å²) in [6, 6.07) is 17.8. The van der Waals surface area contributed by atoms with Gasteiger partial charge in [0.1, 0.15) is 6.61 Å². The van der Waals surface area contributed by atoms with Gasteiger partial charge in [-0.2, -0.15) is 0 Å². The van der Waals surface area contributed by atoms with Crippen LogP contribution in [-0.4, -0.2) is 25.3 Å². The molecule has 1 amide bonds. The smallest absolute Gasteiger partial charge is 0.260 e. The van der Waals surface area contributed by atoms with Gasteiger partial charge >= 0.3 is 0 Å². The Kier molecular flexibility index (Phi) is 7.47. The van der Waals surface area contributed by atoms with Crippen LogP contribution in [0.4, 0.5) is 5.69 Å². The Morgan fingerprint density at radius 3 is 2.67 bits per heavy atom. The van der Waals surface area contributed by atoms with Crippen molar-refractivity contribution < 1.29 is 23.7 Å². The first-order valence-corrected chi connectivity index (χ1v) is 13.4. The van der Waals surface area contributed by atoms with Crippen molar-refractivity contribution in [2.24, 2.45) is 0 Å². The summed E-state index contributed by atoms with van der Waals surface area (Å²) in [6.07, 6.45) is 2.86. The number of methoxy groups -OCH3 is 1. The van der Waals surface area contributed by atoms with Gasteiger partial charge in [-0.15, -0.1) is 0 Å². The van der Waals surface area contributed by atoms with Crippen LogP contribution in [-0.2, 0) is 17.8 Å². The lowest BCUT2D eigenvalue weighted by molar-refractivity contribution is -0.116. The van der Waals surface area contributed by atoms with Gasteiger partial charge in [-0.25, -0.2) is 0 Å². The van der Waals surface area contributed by atoms with Crippen LogP contribution in [0.15, 0.2) is 59.5 Å². The van der Waals surface area contributed by atoms with Crippen molar-refractivity contribution in [1.82, 2.24) is 5.32 Å². The average molecular weight is 616 g/mol. The third-order valence-electron chi connectivity index (χ3n) is 5.76. The maximum atomic E-state index is 12.6. The van der Waals surface area contributed by atoms with Crippen LogP contribution in [0.1, 0.15) is 23.6 Å². The summed E-state index contributed by atoms with van der Waals surface area (Å²) in [5.41, 5.74) is 3.83. The number of fused-ring (bicyclic) bond motifs is 1. The first-order valence-electron chi connectivity index (χ1n) is 11.5. The summed E-state index contributed by atoms with van der Waals surface area (Å²) >= 11 is 3.68. The predicted molar refractivity (Wildman–Crippen MR) is 150 cm³/mol. The minimum Gasteiger partial charge on any atom is -0.493 e. The number of carbonyl (C=O) groups is 1. The minimum absolute atomic E-state index is 0.111. The standard InChI is InChI=1S/C27H25IN2O5S/c1-3-16-4-7-19(8-5-16)29-27-30-26(31)24(36-27)13-18-10-20(28)25(23(12-18)32-2)33-14-17-6-9-21-22(11-17)35-15-34-21/h4-13,27,29H,3,14-15H2,1-2H3,(H,30,31)/b24-13-/t27-/m0/s1. The summed E-state index contributed by atoms with van der Waals surface area (Å²) in [5.74, 6) is 2.60. The van der Waals surface area contributed by atoms with Crippen LogP contribution in [0.2, 0.25) is 0 Å². The summed E-state index contributed by atoms with van der Waals surface area (Å²) < 4.78 is 23.4. The largest absolute Gasteiger partial charge is 0.493 e. The molecule has 186 valence electrons. The van der Waals surface area contributed by atoms with Gasteiger partial charge in [0.15, 0.2) is 28.5 Å². The van der Waals surface area contributed by atoms with E-state index in [1.54, 1.807) is 7.11 Å². The van der Waals surface area contributed by atoms with Gasteiger partial charge in [0.05, 0.1) is 15.6 Å². The maximum absolute atomic E-state index is 12.6. The van der Waals surface area contributed by atoms with Gasteiger partial charge in [0.2, 0.25) is 6.79 Å². The molecule has 36 heavy (non-hydrogen) atoms. The Balaban J connectivity index is 1.28. The summed E-state index contributed by atoms with van der Waals surface area (Å²) in [7, 11) is 1.61. The molecule has 0 radical (unpaired) electrons. The quantitative estimate of drug-likeness (QED) is 0.246. The monoisotopic (exact) mass is 616 g/mol. The molecule has 2 heterocycles. The Labute approximate surface area is 227 Å². The van der Waals surface area contributed by atoms with E-state index in [-0.39, 0.29) is 18.2 Å². The van der Waals surface area contributed by atoms with Crippen LogP contribution >= 0.6 is 34.4 Å². The molecule has 1 saturated heterocycles. The van der Waals surface area contributed by atoms with Gasteiger partial charge in [0, 0.05) is 5.69 Å². The third kappa shape index (κ3) is 5.52. The fourth-order valence-electron chi connectivity index (χ4n) is 3.85. The Bertz CT molecular complexity index is 1310. The summed E-state index contributed by atoms with van der Waals surface area (Å²) in [6.45, 7) is 2.72. The van der Waals surface area contributed by atoms with E-state index in [4.69, 9.17) is 18.9 Å². The van der Waals surface area contributed by atoms with Crippen molar-refractivity contribution in [1.29, 1.82) is 0 Å². The Morgan fingerprint density at radius 2 is 1.89 bits per heavy atom. The minimum atomic E-state index is -0.235. The number of nitrogens with one attached hydrogen (secondary N) is 2. The van der Waals surface area contributed by atoms with Crippen molar-refractivity contribution in [2.45, 2.75) is 25.4 Å². The van der Waals surface area contributed by atoms with Crippen LogP contribution < -0.4 is 29.6 Å². The lowest BCUT2D eigenvalue weighted by Gasteiger charge is -2.14. The molecule has 3 aromatic carbocycles. The number of anilines is 1. The van der Waals surface area contributed by atoms with Crippen molar-refractivity contribution in [2.75, 3.05) is 19.2 Å². The number of hydrogen-bond donors (Lipinski definition) is 2. The van der Waals surface area contributed by atoms with E-state index in [1.807, 2.05) is 48.5 Å². The molecule has 3 aromatic rings. The van der Waals surface area contributed by atoms with E-state index >= 15 is 0 Å². The molecule has 2 N–H and O–H groups in total. The molecule has 7 nitrogen and oxygen atoms in total. The third-order valence-corrected chi connectivity index (χ3v) is 7.59. The molecule has 0 aliphatic carbocycles. The number of thioether (sulfide) groups is 1. The van der Waals surface area contributed by atoms with Gasteiger partial charge in [-0.3, -0.25) is 4.79 Å². The topological polar surface area (TPSA) is 78.1 Å². The number of hydrogen-bond acceptors (Lipinski definition) is 7. The van der Waals surface area contributed by atoms with Crippen LogP contribution in [0.5, 0.6) is 23.0 Å². The number of halogens is 1. The van der Waals surface area contributed by atoms with Crippen molar-refractivity contribution >= 4 is 52.0 Å².